The summed E-state index contributed by atoms with van der Waals surface area (Å²) in [5, 5.41) is 25.3. The van der Waals surface area contributed by atoms with Crippen molar-refractivity contribution in [2.75, 3.05) is 11.9 Å². The Morgan fingerprint density at radius 1 is 1.43 bits per heavy atom. The number of aliphatic hydroxyl groups is 1. The number of benzene rings is 1. The highest BCUT2D eigenvalue weighted by Gasteiger charge is 2.25. The minimum Gasteiger partial charge on any atom is -0.386 e. The summed E-state index contributed by atoms with van der Waals surface area (Å²) in [4.78, 5) is 15.0. The van der Waals surface area contributed by atoms with Crippen molar-refractivity contribution in [1.82, 2.24) is 9.38 Å². The summed E-state index contributed by atoms with van der Waals surface area (Å²) in [5.41, 5.74) is -0.497. The molecule has 0 aliphatic rings. The molecule has 0 saturated heterocycles. The van der Waals surface area contributed by atoms with Crippen LogP contribution in [-0.4, -0.2) is 26.0 Å². The number of nitrogens with one attached hydrogen (secondary N) is 1. The van der Waals surface area contributed by atoms with Gasteiger partial charge in [-0.25, -0.2) is 8.78 Å². The molecule has 0 aliphatic heterocycles. The zero-order valence-electron chi connectivity index (χ0n) is 11.4. The SMILES string of the molecule is O=[N+]([O-])c1c(NCC(O)c2c(F)cccc2F)nc2sccn12. The largest absolute Gasteiger partial charge is 0.386 e. The molecule has 2 N–H and O–H groups in total. The van der Waals surface area contributed by atoms with Gasteiger partial charge in [0.1, 0.15) is 23.9 Å². The summed E-state index contributed by atoms with van der Waals surface area (Å²) in [5.74, 6) is -2.15. The number of nitro groups is 1. The Hall–Kier alpha value is -2.59. The molecule has 0 bridgehead atoms. The Morgan fingerprint density at radius 2 is 2.13 bits per heavy atom. The molecule has 2 heterocycles. The lowest BCUT2D eigenvalue weighted by atomic mass is 10.1. The maximum Gasteiger partial charge on any atom is 0.372 e. The first-order chi connectivity index (χ1) is 11.0. The zero-order valence-corrected chi connectivity index (χ0v) is 12.3. The van der Waals surface area contributed by atoms with Gasteiger partial charge in [0.2, 0.25) is 5.82 Å². The molecule has 1 atom stereocenters. The predicted octanol–water partition coefficient (Wildman–Crippen LogP) is 2.73. The van der Waals surface area contributed by atoms with Gasteiger partial charge in [-0.3, -0.25) is 0 Å². The number of thiazole rings is 1. The number of imidazole rings is 1. The first-order valence-corrected chi connectivity index (χ1v) is 7.32. The van der Waals surface area contributed by atoms with Gasteiger partial charge in [-0.1, -0.05) is 17.4 Å². The molecule has 10 heteroatoms. The van der Waals surface area contributed by atoms with E-state index in [2.05, 4.69) is 10.3 Å². The van der Waals surface area contributed by atoms with E-state index in [0.717, 1.165) is 12.1 Å². The topological polar surface area (TPSA) is 92.7 Å². The third kappa shape index (κ3) is 2.73. The van der Waals surface area contributed by atoms with Crippen LogP contribution in [0, 0.1) is 21.7 Å². The highest BCUT2D eigenvalue weighted by Crippen LogP contribution is 2.29. The second-order valence-corrected chi connectivity index (χ2v) is 5.50. The van der Waals surface area contributed by atoms with Crippen molar-refractivity contribution in [3.63, 3.8) is 0 Å². The molecule has 120 valence electrons. The zero-order chi connectivity index (χ0) is 16.6. The molecule has 1 unspecified atom stereocenters. The lowest BCUT2D eigenvalue weighted by Gasteiger charge is -2.13. The third-order valence-electron chi connectivity index (χ3n) is 3.21. The summed E-state index contributed by atoms with van der Waals surface area (Å²) < 4.78 is 28.5. The Labute approximate surface area is 132 Å². The Balaban J connectivity index is 1.85. The van der Waals surface area contributed by atoms with Gasteiger partial charge in [0.15, 0.2) is 0 Å². The fourth-order valence-corrected chi connectivity index (χ4v) is 2.90. The van der Waals surface area contributed by atoms with Crippen LogP contribution in [0.4, 0.5) is 20.4 Å². The maximum absolute atomic E-state index is 13.6. The molecule has 0 radical (unpaired) electrons. The van der Waals surface area contributed by atoms with E-state index in [1.807, 2.05) is 0 Å². The van der Waals surface area contributed by atoms with Crippen molar-refractivity contribution in [2.24, 2.45) is 0 Å². The molecule has 0 fully saturated rings. The van der Waals surface area contributed by atoms with Crippen molar-refractivity contribution in [2.45, 2.75) is 6.10 Å². The first-order valence-electron chi connectivity index (χ1n) is 6.45. The summed E-state index contributed by atoms with van der Waals surface area (Å²) in [6.07, 6.45) is -0.0287. The van der Waals surface area contributed by atoms with Crippen molar-refractivity contribution >= 4 is 27.9 Å². The molecule has 23 heavy (non-hydrogen) atoms. The number of hydrogen-bond acceptors (Lipinski definition) is 6. The summed E-state index contributed by atoms with van der Waals surface area (Å²) >= 11 is 1.20. The van der Waals surface area contributed by atoms with E-state index in [1.54, 1.807) is 5.38 Å². The van der Waals surface area contributed by atoms with Crippen LogP contribution in [0.1, 0.15) is 11.7 Å². The predicted molar refractivity (Wildman–Crippen MR) is 79.5 cm³/mol. The molecule has 1 aromatic carbocycles. The van der Waals surface area contributed by atoms with E-state index in [0.29, 0.717) is 4.96 Å². The molecule has 0 saturated carbocycles. The number of halogens is 2. The molecule has 0 spiro atoms. The van der Waals surface area contributed by atoms with Crippen molar-refractivity contribution in [3.8, 4) is 0 Å². The fraction of sp³-hybridized carbons (Fsp3) is 0.154. The Morgan fingerprint density at radius 3 is 2.78 bits per heavy atom. The maximum atomic E-state index is 13.6. The summed E-state index contributed by atoms with van der Waals surface area (Å²) in [6.45, 7) is -0.330. The van der Waals surface area contributed by atoms with Crippen molar-refractivity contribution in [1.29, 1.82) is 0 Å². The van der Waals surface area contributed by atoms with Crippen LogP contribution in [0.3, 0.4) is 0 Å². The number of hydrogen-bond donors (Lipinski definition) is 2. The number of aromatic nitrogens is 2. The van der Waals surface area contributed by atoms with Gasteiger partial charge in [0, 0.05) is 11.9 Å². The van der Waals surface area contributed by atoms with Gasteiger partial charge in [0.05, 0.1) is 5.56 Å². The van der Waals surface area contributed by atoms with Crippen LogP contribution in [0.5, 0.6) is 0 Å². The van der Waals surface area contributed by atoms with E-state index < -0.39 is 28.2 Å². The second-order valence-electron chi connectivity index (χ2n) is 4.63. The van der Waals surface area contributed by atoms with Gasteiger partial charge < -0.3 is 20.5 Å². The molecule has 7 nitrogen and oxygen atoms in total. The molecule has 3 aromatic rings. The first kappa shape index (κ1) is 15.3. The van der Waals surface area contributed by atoms with Gasteiger partial charge in [-0.05, 0) is 17.1 Å². The van der Waals surface area contributed by atoms with Crippen LogP contribution in [0.25, 0.3) is 4.96 Å². The second kappa shape index (κ2) is 5.89. The fourth-order valence-electron chi connectivity index (χ4n) is 2.19. The molecule has 3 rings (SSSR count). The highest BCUT2D eigenvalue weighted by molar-refractivity contribution is 7.15. The number of nitrogens with zero attached hydrogens (tertiary/aromatic N) is 3. The normalized spacial score (nSPS) is 12.5. The average molecular weight is 340 g/mol. The number of aliphatic hydroxyl groups excluding tert-OH is 1. The van der Waals surface area contributed by atoms with E-state index in [9.17, 15) is 24.0 Å². The monoisotopic (exact) mass is 340 g/mol. The van der Waals surface area contributed by atoms with Gasteiger partial charge in [0.25, 0.3) is 4.96 Å². The molecular formula is C13H10F2N4O3S. The Kier molecular flexibility index (Phi) is 3.92. The average Bonchev–Trinajstić information content (AvgIpc) is 3.04. The minimum atomic E-state index is -1.52. The van der Waals surface area contributed by atoms with Gasteiger partial charge in [-0.2, -0.15) is 9.38 Å². The lowest BCUT2D eigenvalue weighted by Crippen LogP contribution is -2.16. The van der Waals surface area contributed by atoms with Gasteiger partial charge in [-0.15, -0.1) is 0 Å². The summed E-state index contributed by atoms with van der Waals surface area (Å²) in [6, 6.07) is 3.23. The van der Waals surface area contributed by atoms with Crippen molar-refractivity contribution < 1.29 is 18.8 Å². The van der Waals surface area contributed by atoms with Crippen LogP contribution in [0.15, 0.2) is 29.8 Å². The number of fused-ring (bicyclic) bond motifs is 1. The van der Waals surface area contributed by atoms with E-state index in [-0.39, 0.29) is 18.2 Å². The Bertz CT molecular complexity index is 859. The molecule has 0 amide bonds. The lowest BCUT2D eigenvalue weighted by molar-refractivity contribution is -0.389. The molecule has 0 aliphatic carbocycles. The highest BCUT2D eigenvalue weighted by atomic mass is 32.1. The summed E-state index contributed by atoms with van der Waals surface area (Å²) in [7, 11) is 0. The van der Waals surface area contributed by atoms with Crippen LogP contribution in [0.2, 0.25) is 0 Å². The van der Waals surface area contributed by atoms with Crippen LogP contribution >= 0.6 is 11.3 Å². The molecule has 2 aromatic heterocycles. The minimum absolute atomic E-state index is 0.0716. The number of rotatable bonds is 5. The van der Waals surface area contributed by atoms with Crippen LogP contribution in [-0.2, 0) is 0 Å². The van der Waals surface area contributed by atoms with Crippen LogP contribution < -0.4 is 5.32 Å². The number of anilines is 1. The van der Waals surface area contributed by atoms with Crippen molar-refractivity contribution in [3.05, 3.63) is 57.1 Å². The quantitative estimate of drug-likeness (QED) is 0.550. The van der Waals surface area contributed by atoms with E-state index in [4.69, 9.17) is 0 Å². The van der Waals surface area contributed by atoms with Gasteiger partial charge >= 0.3 is 5.82 Å². The molecular weight excluding hydrogens is 330 g/mol. The standard InChI is InChI=1S/C13H10F2N4O3S/c14-7-2-1-3-8(15)10(7)9(20)6-16-11-12(19(21)22)18-4-5-23-13(18)17-11/h1-5,9,16,20H,6H2. The van der Waals surface area contributed by atoms with E-state index in [1.165, 1.54) is 28.0 Å². The van der Waals surface area contributed by atoms with E-state index >= 15 is 0 Å². The third-order valence-corrected chi connectivity index (χ3v) is 3.96. The smallest absolute Gasteiger partial charge is 0.372 e.